The normalized spacial score (nSPS) is 24.7. The predicted octanol–water partition coefficient (Wildman–Crippen LogP) is -0.444. The molecule has 4 N–H and O–H groups in total. The van der Waals surface area contributed by atoms with E-state index in [1.807, 2.05) is 0 Å². The van der Waals surface area contributed by atoms with E-state index in [1.165, 1.54) is 23.7 Å². The standard InChI is InChI=1S/C13H19N3O5S/c1-6(17)9-7-5-8(22-4-3-15-13(21)14-2)10(12(19)20)16(7)11(9)18/h6-7,9,17H,3-5H2,1-2H3,(H,19,20)(H2,14,15,21)/t6-,7-,9-/m1/s1. The number of aliphatic hydroxyl groups is 1. The predicted molar refractivity (Wildman–Crippen MR) is 80.0 cm³/mol. The van der Waals surface area contributed by atoms with E-state index in [-0.39, 0.29) is 23.7 Å². The van der Waals surface area contributed by atoms with Crippen molar-refractivity contribution in [1.29, 1.82) is 0 Å². The molecule has 1 fully saturated rings. The van der Waals surface area contributed by atoms with E-state index in [2.05, 4.69) is 10.6 Å². The molecule has 0 spiro atoms. The lowest BCUT2D eigenvalue weighted by molar-refractivity contribution is -0.161. The Bertz CT molecular complexity index is 534. The summed E-state index contributed by atoms with van der Waals surface area (Å²) in [7, 11) is 1.51. The second-order valence-corrected chi connectivity index (χ2v) is 6.37. The van der Waals surface area contributed by atoms with E-state index in [1.54, 1.807) is 6.92 Å². The molecular weight excluding hydrogens is 310 g/mol. The Hall–Kier alpha value is -1.74. The van der Waals surface area contributed by atoms with Crippen LogP contribution in [0.2, 0.25) is 0 Å². The molecular formula is C13H19N3O5S. The lowest BCUT2D eigenvalue weighted by Gasteiger charge is -2.44. The van der Waals surface area contributed by atoms with Crippen molar-refractivity contribution >= 4 is 29.7 Å². The van der Waals surface area contributed by atoms with Crippen LogP contribution in [0.4, 0.5) is 4.79 Å². The molecule has 0 radical (unpaired) electrons. The maximum Gasteiger partial charge on any atom is 0.353 e. The maximum absolute atomic E-state index is 12.0. The zero-order valence-electron chi connectivity index (χ0n) is 12.3. The molecule has 3 atom stereocenters. The van der Waals surface area contributed by atoms with Gasteiger partial charge in [-0.2, -0.15) is 0 Å². The number of hydrogen-bond donors (Lipinski definition) is 4. The van der Waals surface area contributed by atoms with Gasteiger partial charge in [0.2, 0.25) is 5.91 Å². The van der Waals surface area contributed by atoms with Gasteiger partial charge in [-0.1, -0.05) is 0 Å². The zero-order chi connectivity index (χ0) is 16.4. The maximum atomic E-state index is 12.0. The molecule has 122 valence electrons. The molecule has 2 aliphatic heterocycles. The zero-order valence-corrected chi connectivity index (χ0v) is 13.1. The number of aliphatic hydroxyl groups excluding tert-OH is 1. The Labute approximate surface area is 131 Å². The molecule has 0 aliphatic carbocycles. The van der Waals surface area contributed by atoms with Crippen molar-refractivity contribution in [2.24, 2.45) is 5.92 Å². The summed E-state index contributed by atoms with van der Waals surface area (Å²) in [6.45, 7) is 1.93. The van der Waals surface area contributed by atoms with Gasteiger partial charge >= 0.3 is 12.0 Å². The number of nitrogens with zero attached hydrogens (tertiary/aromatic N) is 1. The number of hydrogen-bond acceptors (Lipinski definition) is 5. The number of β-lactam (4-membered cyclic amide) rings is 1. The third kappa shape index (κ3) is 2.91. The number of urea groups is 1. The summed E-state index contributed by atoms with van der Waals surface area (Å²) in [4.78, 5) is 36.3. The molecule has 0 aromatic heterocycles. The summed E-state index contributed by atoms with van der Waals surface area (Å²) in [6, 6.07) is -0.569. The largest absolute Gasteiger partial charge is 0.477 e. The molecule has 0 aromatic carbocycles. The van der Waals surface area contributed by atoms with Crippen LogP contribution in [0.15, 0.2) is 10.6 Å². The third-order valence-electron chi connectivity index (χ3n) is 3.78. The molecule has 0 bridgehead atoms. The highest BCUT2D eigenvalue weighted by Crippen LogP contribution is 2.46. The van der Waals surface area contributed by atoms with Crippen molar-refractivity contribution in [2.75, 3.05) is 19.3 Å². The van der Waals surface area contributed by atoms with Crippen LogP contribution in [-0.4, -0.2) is 64.5 Å². The second kappa shape index (κ2) is 6.57. The third-order valence-corrected chi connectivity index (χ3v) is 4.90. The Morgan fingerprint density at radius 1 is 1.50 bits per heavy atom. The van der Waals surface area contributed by atoms with E-state index >= 15 is 0 Å². The van der Waals surface area contributed by atoms with Gasteiger partial charge in [0.1, 0.15) is 5.70 Å². The van der Waals surface area contributed by atoms with Crippen LogP contribution in [-0.2, 0) is 9.59 Å². The van der Waals surface area contributed by atoms with Crippen LogP contribution in [0.25, 0.3) is 0 Å². The van der Waals surface area contributed by atoms with Gasteiger partial charge in [0, 0.05) is 30.7 Å². The molecule has 9 heteroatoms. The summed E-state index contributed by atoms with van der Waals surface area (Å²) in [5.74, 6) is -1.50. The minimum Gasteiger partial charge on any atom is -0.477 e. The average Bonchev–Trinajstić information content (AvgIpc) is 2.77. The van der Waals surface area contributed by atoms with Crippen molar-refractivity contribution in [2.45, 2.75) is 25.5 Å². The Kier molecular flexibility index (Phi) is 4.97. The monoisotopic (exact) mass is 329 g/mol. The fraction of sp³-hybridized carbons (Fsp3) is 0.615. The van der Waals surface area contributed by atoms with Gasteiger partial charge in [0.15, 0.2) is 0 Å². The first-order chi connectivity index (χ1) is 10.4. The number of carbonyl (C=O) groups excluding carboxylic acids is 2. The van der Waals surface area contributed by atoms with Gasteiger partial charge in [-0.05, 0) is 6.92 Å². The highest BCUT2D eigenvalue weighted by molar-refractivity contribution is 8.03. The van der Waals surface area contributed by atoms with Crippen LogP contribution in [0.3, 0.4) is 0 Å². The summed E-state index contributed by atoms with van der Waals surface area (Å²) in [5, 5.41) is 24.0. The van der Waals surface area contributed by atoms with E-state index in [0.717, 1.165) is 0 Å². The fourth-order valence-corrected chi connectivity index (χ4v) is 3.85. The quantitative estimate of drug-likeness (QED) is 0.387. The van der Waals surface area contributed by atoms with Crippen LogP contribution in [0.5, 0.6) is 0 Å². The van der Waals surface area contributed by atoms with Gasteiger partial charge in [0.05, 0.1) is 18.1 Å². The Balaban J connectivity index is 2.00. The highest BCUT2D eigenvalue weighted by Gasteiger charge is 2.56. The van der Waals surface area contributed by atoms with E-state index in [4.69, 9.17) is 0 Å². The van der Waals surface area contributed by atoms with Crippen molar-refractivity contribution in [3.63, 3.8) is 0 Å². The van der Waals surface area contributed by atoms with E-state index < -0.39 is 18.0 Å². The highest BCUT2D eigenvalue weighted by atomic mass is 32.2. The van der Waals surface area contributed by atoms with Crippen LogP contribution in [0, 0.1) is 5.92 Å². The van der Waals surface area contributed by atoms with Gasteiger partial charge < -0.3 is 25.7 Å². The number of carboxylic acids is 1. The molecule has 2 rings (SSSR count). The molecule has 0 aromatic rings. The number of aliphatic carboxylic acids is 1. The first-order valence-corrected chi connectivity index (χ1v) is 7.93. The second-order valence-electron chi connectivity index (χ2n) is 5.18. The molecule has 3 amide bonds. The number of carboxylic acid groups (broad SMARTS) is 1. The summed E-state index contributed by atoms with van der Waals surface area (Å²) in [6.07, 6.45) is -0.351. The van der Waals surface area contributed by atoms with Crippen LogP contribution < -0.4 is 10.6 Å². The number of carbonyl (C=O) groups is 3. The molecule has 0 unspecified atom stereocenters. The molecule has 2 aliphatic rings. The lowest BCUT2D eigenvalue weighted by Crippen LogP contribution is -2.61. The lowest BCUT2D eigenvalue weighted by atomic mass is 9.83. The van der Waals surface area contributed by atoms with Crippen LogP contribution in [0.1, 0.15) is 13.3 Å². The number of rotatable bonds is 6. The minimum atomic E-state index is -1.14. The van der Waals surface area contributed by atoms with E-state index in [9.17, 15) is 24.6 Å². The van der Waals surface area contributed by atoms with Gasteiger partial charge in [-0.25, -0.2) is 9.59 Å². The molecule has 2 heterocycles. The number of amides is 3. The topological polar surface area (TPSA) is 119 Å². The van der Waals surface area contributed by atoms with Crippen molar-refractivity contribution in [3.05, 3.63) is 10.6 Å². The van der Waals surface area contributed by atoms with Crippen molar-refractivity contribution < 1.29 is 24.6 Å². The molecule has 22 heavy (non-hydrogen) atoms. The van der Waals surface area contributed by atoms with Crippen molar-refractivity contribution in [3.8, 4) is 0 Å². The smallest absolute Gasteiger partial charge is 0.353 e. The number of thioether (sulfide) groups is 1. The van der Waals surface area contributed by atoms with E-state index in [0.29, 0.717) is 23.6 Å². The van der Waals surface area contributed by atoms with Gasteiger partial charge in [-0.3, -0.25) is 4.79 Å². The first-order valence-electron chi connectivity index (χ1n) is 6.94. The van der Waals surface area contributed by atoms with Crippen molar-refractivity contribution in [1.82, 2.24) is 15.5 Å². The minimum absolute atomic E-state index is 0.0110. The molecule has 8 nitrogen and oxygen atoms in total. The number of nitrogens with one attached hydrogen (secondary N) is 2. The Morgan fingerprint density at radius 3 is 2.73 bits per heavy atom. The fourth-order valence-electron chi connectivity index (χ4n) is 2.79. The summed E-state index contributed by atoms with van der Waals surface area (Å²) >= 11 is 1.32. The first kappa shape index (κ1) is 16.6. The SMILES string of the molecule is CNC(=O)NCCSC1=C(C(=O)O)N2C(=O)[C@H]([C@@H](C)O)[C@H]2C1. The van der Waals surface area contributed by atoms with Gasteiger partial charge in [0.25, 0.3) is 0 Å². The summed E-state index contributed by atoms with van der Waals surface area (Å²) in [5.41, 5.74) is 0.0110. The Morgan fingerprint density at radius 2 is 2.18 bits per heavy atom. The van der Waals surface area contributed by atoms with Crippen LogP contribution >= 0.6 is 11.8 Å². The van der Waals surface area contributed by atoms with Gasteiger partial charge in [-0.15, -0.1) is 11.8 Å². The number of fused-ring (bicyclic) bond motifs is 1. The summed E-state index contributed by atoms with van der Waals surface area (Å²) < 4.78 is 0. The molecule has 0 saturated carbocycles. The molecule has 1 saturated heterocycles. The average molecular weight is 329 g/mol.